The van der Waals surface area contributed by atoms with Crippen LogP contribution >= 0.6 is 0 Å². The van der Waals surface area contributed by atoms with E-state index in [1.54, 1.807) is 0 Å². The van der Waals surface area contributed by atoms with Crippen molar-refractivity contribution in [2.24, 2.45) is 0 Å². The molecule has 104 valence electrons. The van der Waals surface area contributed by atoms with Crippen LogP contribution in [-0.2, 0) is 0 Å². The van der Waals surface area contributed by atoms with Crippen molar-refractivity contribution in [3.63, 3.8) is 0 Å². The van der Waals surface area contributed by atoms with Gasteiger partial charge >= 0.3 is 0 Å². The number of anilines is 3. The average Bonchev–Trinajstić information content (AvgIpc) is 2.51. The molecule has 1 aromatic carbocycles. The van der Waals surface area contributed by atoms with E-state index in [1.807, 2.05) is 25.3 Å². The lowest BCUT2D eigenvalue weighted by molar-refractivity contribution is 0.647. The number of hydrogen-bond acceptors (Lipinski definition) is 4. The topological polar surface area (TPSA) is 45.4 Å². The Hall–Kier alpha value is -2.23. The van der Waals surface area contributed by atoms with Crippen molar-refractivity contribution >= 4 is 17.2 Å². The van der Waals surface area contributed by atoms with Crippen LogP contribution < -0.4 is 15.5 Å². The third-order valence-corrected chi connectivity index (χ3v) is 3.88. The van der Waals surface area contributed by atoms with Crippen LogP contribution in [-0.4, -0.2) is 31.2 Å². The van der Waals surface area contributed by atoms with Crippen LogP contribution in [0.4, 0.5) is 17.2 Å². The number of aromatic nitrogens is 1. The lowest BCUT2D eigenvalue weighted by Crippen LogP contribution is -2.46. The minimum atomic E-state index is 0.870. The molecule has 2 N–H and O–H groups in total. The van der Waals surface area contributed by atoms with Gasteiger partial charge in [0.15, 0.2) is 0 Å². The van der Waals surface area contributed by atoms with Gasteiger partial charge in [-0.25, -0.2) is 4.98 Å². The number of hydrogen-bond donors (Lipinski definition) is 1. The molecule has 2 heterocycles. The van der Waals surface area contributed by atoms with Gasteiger partial charge < -0.3 is 15.5 Å². The molecule has 0 bridgehead atoms. The molecule has 1 aliphatic heterocycles. The van der Waals surface area contributed by atoms with Crippen LogP contribution in [0.5, 0.6) is 0 Å². The molecule has 0 unspecified atom stereocenters. The molecule has 1 fully saturated rings. The van der Waals surface area contributed by atoms with E-state index in [0.717, 1.165) is 43.2 Å². The van der Waals surface area contributed by atoms with Gasteiger partial charge in [0, 0.05) is 43.8 Å². The fraction of sp³-hybridized carbons (Fsp3) is 0.312. The maximum absolute atomic E-state index is 6.00. The predicted octanol–water partition coefficient (Wildman–Crippen LogP) is 2.30. The Balaban J connectivity index is 1.68. The van der Waals surface area contributed by atoms with Crippen molar-refractivity contribution in [2.75, 3.05) is 41.7 Å². The van der Waals surface area contributed by atoms with Gasteiger partial charge in [-0.15, -0.1) is 0 Å². The molecule has 1 saturated heterocycles. The SMILES string of the molecule is Cc1ccc(N2CCN(c3ccccn3)CC2)cc1N. The highest BCUT2D eigenvalue weighted by atomic mass is 15.3. The van der Waals surface area contributed by atoms with Crippen LogP contribution in [0.15, 0.2) is 42.6 Å². The predicted molar refractivity (Wildman–Crippen MR) is 84.3 cm³/mol. The zero-order chi connectivity index (χ0) is 13.9. The summed E-state index contributed by atoms with van der Waals surface area (Å²) >= 11 is 0. The molecule has 1 aromatic heterocycles. The highest BCUT2D eigenvalue weighted by molar-refractivity contribution is 5.60. The van der Waals surface area contributed by atoms with Gasteiger partial charge in [-0.05, 0) is 36.8 Å². The van der Waals surface area contributed by atoms with Gasteiger partial charge in [0.2, 0.25) is 0 Å². The monoisotopic (exact) mass is 268 g/mol. The Kier molecular flexibility index (Phi) is 3.46. The van der Waals surface area contributed by atoms with E-state index < -0.39 is 0 Å². The first kappa shape index (κ1) is 12.8. The summed E-state index contributed by atoms with van der Waals surface area (Å²) in [5.74, 6) is 1.07. The summed E-state index contributed by atoms with van der Waals surface area (Å²) in [4.78, 5) is 9.12. The first-order valence-electron chi connectivity index (χ1n) is 7.01. The molecule has 0 atom stereocenters. The van der Waals surface area contributed by atoms with E-state index in [1.165, 1.54) is 5.69 Å². The molecule has 20 heavy (non-hydrogen) atoms. The molecule has 0 aliphatic carbocycles. The number of nitrogens with zero attached hydrogens (tertiary/aromatic N) is 3. The van der Waals surface area contributed by atoms with Gasteiger partial charge in [0.1, 0.15) is 5.82 Å². The Morgan fingerprint density at radius 3 is 2.40 bits per heavy atom. The first-order chi connectivity index (χ1) is 9.74. The lowest BCUT2D eigenvalue weighted by atomic mass is 10.1. The summed E-state index contributed by atoms with van der Waals surface area (Å²) in [6, 6.07) is 12.4. The number of piperazine rings is 1. The minimum absolute atomic E-state index is 0.870. The third kappa shape index (κ3) is 2.54. The number of aryl methyl sites for hydroxylation is 1. The summed E-state index contributed by atoms with van der Waals surface area (Å²) in [7, 11) is 0. The summed E-state index contributed by atoms with van der Waals surface area (Å²) < 4.78 is 0. The van der Waals surface area contributed by atoms with Crippen LogP contribution in [0, 0.1) is 6.92 Å². The van der Waals surface area contributed by atoms with Crippen LogP contribution in [0.2, 0.25) is 0 Å². The molecule has 2 aromatic rings. The average molecular weight is 268 g/mol. The molecular formula is C16H20N4. The molecule has 4 nitrogen and oxygen atoms in total. The van der Waals surface area contributed by atoms with Gasteiger partial charge in [-0.2, -0.15) is 0 Å². The lowest BCUT2D eigenvalue weighted by Gasteiger charge is -2.36. The Morgan fingerprint density at radius 2 is 1.75 bits per heavy atom. The number of nitrogen functional groups attached to an aromatic ring is 1. The van der Waals surface area contributed by atoms with E-state index in [0.29, 0.717) is 0 Å². The Morgan fingerprint density at radius 1 is 1.00 bits per heavy atom. The van der Waals surface area contributed by atoms with E-state index in [4.69, 9.17) is 5.73 Å². The number of benzene rings is 1. The second-order valence-electron chi connectivity index (χ2n) is 5.20. The fourth-order valence-corrected chi connectivity index (χ4v) is 2.56. The van der Waals surface area contributed by atoms with Crippen molar-refractivity contribution in [1.29, 1.82) is 0 Å². The molecular weight excluding hydrogens is 248 g/mol. The van der Waals surface area contributed by atoms with Crippen LogP contribution in [0.1, 0.15) is 5.56 Å². The number of rotatable bonds is 2. The molecule has 0 saturated carbocycles. The Bertz CT molecular complexity index is 574. The zero-order valence-electron chi connectivity index (χ0n) is 11.8. The highest BCUT2D eigenvalue weighted by Gasteiger charge is 2.18. The van der Waals surface area contributed by atoms with Crippen molar-refractivity contribution in [2.45, 2.75) is 6.92 Å². The van der Waals surface area contributed by atoms with Gasteiger partial charge in [0.05, 0.1) is 0 Å². The maximum Gasteiger partial charge on any atom is 0.128 e. The third-order valence-electron chi connectivity index (χ3n) is 3.88. The molecule has 0 radical (unpaired) electrons. The number of pyridine rings is 1. The van der Waals surface area contributed by atoms with Crippen molar-refractivity contribution in [3.05, 3.63) is 48.2 Å². The van der Waals surface area contributed by atoms with E-state index >= 15 is 0 Å². The van der Waals surface area contributed by atoms with Crippen LogP contribution in [0.3, 0.4) is 0 Å². The summed E-state index contributed by atoms with van der Waals surface area (Å²) in [5, 5.41) is 0. The smallest absolute Gasteiger partial charge is 0.128 e. The zero-order valence-corrected chi connectivity index (χ0v) is 11.8. The van der Waals surface area contributed by atoms with Gasteiger partial charge in [0.25, 0.3) is 0 Å². The summed E-state index contributed by atoms with van der Waals surface area (Å²) in [5.41, 5.74) is 9.22. The van der Waals surface area contributed by atoms with Gasteiger partial charge in [-0.3, -0.25) is 0 Å². The first-order valence-corrected chi connectivity index (χ1v) is 7.01. The van der Waals surface area contributed by atoms with Crippen molar-refractivity contribution in [3.8, 4) is 0 Å². The maximum atomic E-state index is 6.00. The van der Waals surface area contributed by atoms with Crippen molar-refractivity contribution in [1.82, 2.24) is 4.98 Å². The molecule has 0 amide bonds. The molecule has 3 rings (SSSR count). The van der Waals surface area contributed by atoms with E-state index in [9.17, 15) is 0 Å². The van der Waals surface area contributed by atoms with Crippen molar-refractivity contribution < 1.29 is 0 Å². The minimum Gasteiger partial charge on any atom is -0.398 e. The van der Waals surface area contributed by atoms with Gasteiger partial charge in [-0.1, -0.05) is 12.1 Å². The van der Waals surface area contributed by atoms with E-state index in [2.05, 4.69) is 39.0 Å². The highest BCUT2D eigenvalue weighted by Crippen LogP contribution is 2.23. The standard InChI is InChI=1S/C16H20N4/c1-13-5-6-14(12-15(13)17)19-8-10-20(11-9-19)16-4-2-3-7-18-16/h2-7,12H,8-11,17H2,1H3. The largest absolute Gasteiger partial charge is 0.398 e. The summed E-state index contributed by atoms with van der Waals surface area (Å²) in [6.45, 7) is 6.02. The quantitative estimate of drug-likeness (QED) is 0.849. The summed E-state index contributed by atoms with van der Waals surface area (Å²) in [6.07, 6.45) is 1.85. The second-order valence-corrected chi connectivity index (χ2v) is 5.20. The van der Waals surface area contributed by atoms with E-state index in [-0.39, 0.29) is 0 Å². The molecule has 1 aliphatic rings. The normalized spacial score (nSPS) is 15.4. The fourth-order valence-electron chi connectivity index (χ4n) is 2.56. The second kappa shape index (κ2) is 5.41. The number of nitrogens with two attached hydrogens (primary N) is 1. The molecule has 0 spiro atoms. The van der Waals surface area contributed by atoms with Crippen LogP contribution in [0.25, 0.3) is 0 Å². The Labute approximate surface area is 119 Å². The molecule has 4 heteroatoms.